The van der Waals surface area contributed by atoms with Crippen LogP contribution in [0, 0.1) is 17.2 Å². The molecular weight excluding hydrogens is 258 g/mol. The first kappa shape index (κ1) is 16.3. The lowest BCUT2D eigenvalue weighted by Crippen LogP contribution is -2.47. The van der Waals surface area contributed by atoms with Crippen LogP contribution in [-0.4, -0.2) is 58.9 Å². The topological polar surface area (TPSA) is 47.3 Å². The number of nitrogens with zero attached hydrogens (tertiary/aromatic N) is 3. The number of carbonyl (C=O) groups is 1. The summed E-state index contributed by atoms with van der Waals surface area (Å²) in [4.78, 5) is 16.3. The first-order chi connectivity index (χ1) is 8.96. The summed E-state index contributed by atoms with van der Waals surface area (Å²) in [6.45, 7) is 11.9. The largest absolute Gasteiger partial charge is 0.341 e. The number of rotatable bonds is 5. The molecule has 1 saturated heterocycles. The van der Waals surface area contributed by atoms with E-state index < -0.39 is 0 Å². The third-order valence-electron chi connectivity index (χ3n) is 3.30. The van der Waals surface area contributed by atoms with Gasteiger partial charge in [-0.25, -0.2) is 0 Å². The van der Waals surface area contributed by atoms with E-state index in [1.807, 2.05) is 25.6 Å². The SMILES string of the molecule is CCN(C[C@@H](C)C#N)C(=O)CN1C[C@@H](C)S[C@@H](C)C1. The van der Waals surface area contributed by atoms with Crippen LogP contribution in [0.25, 0.3) is 0 Å². The Morgan fingerprint density at radius 1 is 1.47 bits per heavy atom. The second kappa shape index (κ2) is 7.76. The lowest BCUT2D eigenvalue weighted by molar-refractivity contribution is -0.132. The fraction of sp³-hybridized carbons (Fsp3) is 0.857. The Bertz CT molecular complexity index is 332. The highest BCUT2D eigenvalue weighted by Gasteiger charge is 2.25. The van der Waals surface area contributed by atoms with Gasteiger partial charge in [0, 0.05) is 36.7 Å². The van der Waals surface area contributed by atoms with E-state index in [1.54, 1.807) is 4.90 Å². The zero-order chi connectivity index (χ0) is 14.4. The average Bonchev–Trinajstić information content (AvgIpc) is 2.34. The van der Waals surface area contributed by atoms with E-state index in [1.165, 1.54) is 0 Å². The molecule has 5 heteroatoms. The molecule has 1 aliphatic rings. The summed E-state index contributed by atoms with van der Waals surface area (Å²) >= 11 is 1.99. The predicted octanol–water partition coefficient (Wildman–Crippen LogP) is 1.82. The summed E-state index contributed by atoms with van der Waals surface area (Å²) in [7, 11) is 0. The van der Waals surface area contributed by atoms with E-state index >= 15 is 0 Å². The molecular formula is C14H25N3OS. The highest BCUT2D eigenvalue weighted by atomic mass is 32.2. The van der Waals surface area contributed by atoms with Gasteiger partial charge >= 0.3 is 0 Å². The third-order valence-corrected chi connectivity index (χ3v) is 4.53. The lowest BCUT2D eigenvalue weighted by atomic mass is 10.2. The van der Waals surface area contributed by atoms with Gasteiger partial charge in [0.25, 0.3) is 0 Å². The van der Waals surface area contributed by atoms with Crippen LogP contribution in [-0.2, 0) is 4.79 Å². The zero-order valence-corrected chi connectivity index (χ0v) is 13.2. The number of nitriles is 1. The molecule has 0 aromatic rings. The number of likely N-dealkylation sites (N-methyl/N-ethyl adjacent to an activating group) is 1. The molecule has 19 heavy (non-hydrogen) atoms. The van der Waals surface area contributed by atoms with Crippen molar-refractivity contribution in [3.63, 3.8) is 0 Å². The van der Waals surface area contributed by atoms with Gasteiger partial charge in [-0.05, 0) is 13.8 Å². The van der Waals surface area contributed by atoms with Gasteiger partial charge in [-0.1, -0.05) is 13.8 Å². The zero-order valence-electron chi connectivity index (χ0n) is 12.4. The second-order valence-corrected chi connectivity index (χ2v) is 7.30. The molecule has 4 nitrogen and oxygen atoms in total. The molecule has 1 fully saturated rings. The molecule has 108 valence electrons. The van der Waals surface area contributed by atoms with Crippen LogP contribution < -0.4 is 0 Å². The molecule has 0 saturated carbocycles. The summed E-state index contributed by atoms with van der Waals surface area (Å²) in [6, 6.07) is 2.19. The minimum Gasteiger partial charge on any atom is -0.341 e. The van der Waals surface area contributed by atoms with Gasteiger partial charge in [0.2, 0.25) is 5.91 Å². The molecule has 0 aliphatic carbocycles. The van der Waals surface area contributed by atoms with Crippen molar-refractivity contribution in [1.82, 2.24) is 9.80 Å². The van der Waals surface area contributed by atoms with Gasteiger partial charge in [0.15, 0.2) is 0 Å². The molecule has 0 N–H and O–H groups in total. The van der Waals surface area contributed by atoms with Crippen molar-refractivity contribution in [2.24, 2.45) is 5.92 Å². The Hall–Kier alpha value is -0.730. The number of hydrogen-bond donors (Lipinski definition) is 0. The molecule has 1 aliphatic heterocycles. The smallest absolute Gasteiger partial charge is 0.236 e. The van der Waals surface area contributed by atoms with Crippen molar-refractivity contribution in [2.45, 2.75) is 38.2 Å². The molecule has 1 heterocycles. The van der Waals surface area contributed by atoms with Crippen LogP contribution in [0.3, 0.4) is 0 Å². The molecule has 0 bridgehead atoms. The van der Waals surface area contributed by atoms with Crippen molar-refractivity contribution >= 4 is 17.7 Å². The van der Waals surface area contributed by atoms with E-state index in [9.17, 15) is 4.79 Å². The van der Waals surface area contributed by atoms with Gasteiger partial charge in [0.05, 0.1) is 18.5 Å². The Morgan fingerprint density at radius 2 is 2.05 bits per heavy atom. The monoisotopic (exact) mass is 283 g/mol. The van der Waals surface area contributed by atoms with Crippen LogP contribution in [0.2, 0.25) is 0 Å². The molecule has 1 amide bonds. The normalized spacial score (nSPS) is 25.6. The van der Waals surface area contributed by atoms with E-state index in [-0.39, 0.29) is 11.8 Å². The molecule has 0 spiro atoms. The number of thioether (sulfide) groups is 1. The van der Waals surface area contributed by atoms with E-state index in [0.29, 0.717) is 30.1 Å². The van der Waals surface area contributed by atoms with Gasteiger partial charge in [0.1, 0.15) is 0 Å². The summed E-state index contributed by atoms with van der Waals surface area (Å²) in [5.74, 6) is 0.0505. The third kappa shape index (κ3) is 5.42. The minimum absolute atomic E-state index is 0.0985. The standard InChI is InChI=1S/C14H25N3OS/c1-5-17(7-11(2)6-15)14(18)10-16-8-12(3)19-13(4)9-16/h11-13H,5,7-10H2,1-4H3/t11-,12-,13+/m0/s1. The summed E-state index contributed by atoms with van der Waals surface area (Å²) in [5, 5.41) is 10.0. The van der Waals surface area contributed by atoms with Crippen LogP contribution in [0.4, 0.5) is 0 Å². The van der Waals surface area contributed by atoms with Crippen LogP contribution in [0.15, 0.2) is 0 Å². The Balaban J connectivity index is 2.50. The van der Waals surface area contributed by atoms with E-state index in [2.05, 4.69) is 24.8 Å². The minimum atomic E-state index is -0.0985. The van der Waals surface area contributed by atoms with Crippen molar-refractivity contribution < 1.29 is 4.79 Å². The van der Waals surface area contributed by atoms with Gasteiger partial charge < -0.3 is 4.90 Å². The molecule has 0 radical (unpaired) electrons. The van der Waals surface area contributed by atoms with Gasteiger partial charge in [-0.2, -0.15) is 17.0 Å². The second-order valence-electron chi connectivity index (χ2n) is 5.41. The summed E-state index contributed by atoms with van der Waals surface area (Å²) in [6.07, 6.45) is 0. The lowest BCUT2D eigenvalue weighted by Gasteiger charge is -2.35. The summed E-state index contributed by atoms with van der Waals surface area (Å²) in [5.41, 5.74) is 0. The van der Waals surface area contributed by atoms with Crippen molar-refractivity contribution in [3.05, 3.63) is 0 Å². The molecule has 1 rings (SSSR count). The van der Waals surface area contributed by atoms with Crippen LogP contribution in [0.1, 0.15) is 27.7 Å². The fourth-order valence-electron chi connectivity index (χ4n) is 2.48. The highest BCUT2D eigenvalue weighted by molar-refractivity contribution is 8.00. The van der Waals surface area contributed by atoms with Crippen molar-refractivity contribution in [2.75, 3.05) is 32.7 Å². The molecule has 0 aromatic heterocycles. The van der Waals surface area contributed by atoms with Gasteiger partial charge in [-0.15, -0.1) is 0 Å². The first-order valence-corrected chi connectivity index (χ1v) is 7.95. The van der Waals surface area contributed by atoms with Crippen LogP contribution in [0.5, 0.6) is 0 Å². The maximum absolute atomic E-state index is 12.3. The Morgan fingerprint density at radius 3 is 2.53 bits per heavy atom. The van der Waals surface area contributed by atoms with Gasteiger partial charge in [-0.3, -0.25) is 9.69 Å². The predicted molar refractivity (Wildman–Crippen MR) is 80.0 cm³/mol. The Kier molecular flexibility index (Phi) is 6.67. The average molecular weight is 283 g/mol. The molecule has 0 aromatic carbocycles. The van der Waals surface area contributed by atoms with E-state index in [4.69, 9.17) is 5.26 Å². The summed E-state index contributed by atoms with van der Waals surface area (Å²) < 4.78 is 0. The van der Waals surface area contributed by atoms with Crippen molar-refractivity contribution in [1.29, 1.82) is 5.26 Å². The van der Waals surface area contributed by atoms with E-state index in [0.717, 1.165) is 13.1 Å². The maximum atomic E-state index is 12.3. The number of amides is 1. The first-order valence-electron chi connectivity index (χ1n) is 7.01. The number of hydrogen-bond acceptors (Lipinski definition) is 4. The molecule has 0 unspecified atom stereocenters. The van der Waals surface area contributed by atoms with Crippen LogP contribution >= 0.6 is 11.8 Å². The van der Waals surface area contributed by atoms with Crippen molar-refractivity contribution in [3.8, 4) is 6.07 Å². The molecule has 3 atom stereocenters. The number of carbonyl (C=O) groups excluding carboxylic acids is 1. The quantitative estimate of drug-likeness (QED) is 0.772. The maximum Gasteiger partial charge on any atom is 0.236 e. The Labute approximate surface area is 121 Å². The highest BCUT2D eigenvalue weighted by Crippen LogP contribution is 2.24. The fourth-order valence-corrected chi connectivity index (χ4v) is 3.87.